The average Bonchev–Trinajstić information content (AvgIpc) is 3.30. The van der Waals surface area contributed by atoms with Gasteiger partial charge in [0.1, 0.15) is 5.82 Å². The highest BCUT2D eigenvalue weighted by atomic mass is 19.1. The quantitative estimate of drug-likeness (QED) is 0.702. The molecule has 1 fully saturated rings. The maximum Gasteiger partial charge on any atom is 0.202 e. The molecule has 0 amide bonds. The lowest BCUT2D eigenvalue weighted by molar-refractivity contribution is 0.236. The molecule has 1 aromatic carbocycles. The molecule has 4 nitrogen and oxygen atoms in total. The summed E-state index contributed by atoms with van der Waals surface area (Å²) in [5.41, 5.74) is 1.94. The molecule has 0 radical (unpaired) electrons. The molecule has 1 atom stereocenters. The molecular formula is C19H19FN2O2. The first-order valence-electron chi connectivity index (χ1n) is 8.26. The van der Waals surface area contributed by atoms with Crippen LogP contribution in [-0.2, 0) is 13.0 Å². The summed E-state index contributed by atoms with van der Waals surface area (Å²) in [5.74, 6) is 1.17. The van der Waals surface area contributed by atoms with Gasteiger partial charge >= 0.3 is 0 Å². The molecule has 1 aliphatic rings. The molecule has 3 aromatic rings. The highest BCUT2D eigenvalue weighted by Crippen LogP contribution is 2.25. The monoisotopic (exact) mass is 326 g/mol. The number of furan rings is 1. The van der Waals surface area contributed by atoms with Crippen LogP contribution in [0.5, 0.6) is 0 Å². The number of benzene rings is 1. The number of nitrogens with zero attached hydrogens (tertiary/aromatic N) is 2. The first-order valence-corrected chi connectivity index (χ1v) is 8.26. The first kappa shape index (κ1) is 15.1. The lowest BCUT2D eigenvalue weighted by Crippen LogP contribution is -2.30. The maximum absolute atomic E-state index is 13.4. The van der Waals surface area contributed by atoms with Crippen LogP contribution >= 0.6 is 0 Å². The first-order chi connectivity index (χ1) is 11.8. The van der Waals surface area contributed by atoms with Crippen LogP contribution in [0.15, 0.2) is 57.7 Å². The van der Waals surface area contributed by atoms with Crippen molar-refractivity contribution in [1.82, 2.24) is 10.1 Å². The van der Waals surface area contributed by atoms with E-state index in [2.05, 4.69) is 10.1 Å². The summed E-state index contributed by atoms with van der Waals surface area (Å²) in [6.45, 7) is 1.77. The predicted molar refractivity (Wildman–Crippen MR) is 87.7 cm³/mol. The van der Waals surface area contributed by atoms with Gasteiger partial charge in [-0.3, -0.25) is 4.90 Å². The topological polar surface area (TPSA) is 42.4 Å². The smallest absolute Gasteiger partial charge is 0.202 e. The van der Waals surface area contributed by atoms with Gasteiger partial charge in [0.05, 0.1) is 12.0 Å². The van der Waals surface area contributed by atoms with Crippen LogP contribution < -0.4 is 0 Å². The Labute approximate surface area is 139 Å². The lowest BCUT2D eigenvalue weighted by Gasteiger charge is -2.23. The van der Waals surface area contributed by atoms with Crippen molar-refractivity contribution in [3.05, 3.63) is 65.8 Å². The molecule has 0 aliphatic carbocycles. The Morgan fingerprint density at radius 2 is 2.12 bits per heavy atom. The zero-order chi connectivity index (χ0) is 16.4. The van der Waals surface area contributed by atoms with E-state index < -0.39 is 0 Å². The molecule has 1 saturated heterocycles. The minimum atomic E-state index is -0.170. The highest BCUT2D eigenvalue weighted by Gasteiger charge is 2.26. The molecule has 2 aromatic heterocycles. The lowest BCUT2D eigenvalue weighted by atomic mass is 10.0. The van der Waals surface area contributed by atoms with E-state index in [-0.39, 0.29) is 5.82 Å². The highest BCUT2D eigenvalue weighted by molar-refractivity contribution is 5.49. The molecule has 124 valence electrons. The predicted octanol–water partition coefficient (Wildman–Crippen LogP) is 4.28. The molecule has 0 N–H and O–H groups in total. The molecule has 4 rings (SSSR count). The number of aromatic nitrogens is 1. The molecule has 0 spiro atoms. The van der Waals surface area contributed by atoms with Crippen molar-refractivity contribution < 1.29 is 13.3 Å². The average molecular weight is 326 g/mol. The van der Waals surface area contributed by atoms with Gasteiger partial charge in [0.15, 0.2) is 5.76 Å². The fourth-order valence-corrected chi connectivity index (χ4v) is 3.40. The molecule has 1 aliphatic heterocycles. The van der Waals surface area contributed by atoms with E-state index in [9.17, 15) is 4.39 Å². The third-order valence-electron chi connectivity index (χ3n) is 4.55. The molecule has 0 bridgehead atoms. The van der Waals surface area contributed by atoms with Crippen LogP contribution in [-0.4, -0.2) is 22.6 Å². The Balaban J connectivity index is 1.44. The SMILES string of the molecule is Fc1cccc(CC2CCCN2Cc2cc(-c3ccco3)on2)c1. The van der Waals surface area contributed by atoms with E-state index in [4.69, 9.17) is 8.94 Å². The Kier molecular flexibility index (Phi) is 4.17. The van der Waals surface area contributed by atoms with Crippen molar-refractivity contribution in [2.45, 2.75) is 31.8 Å². The van der Waals surface area contributed by atoms with Gasteiger partial charge in [0, 0.05) is 18.7 Å². The van der Waals surface area contributed by atoms with Crippen LogP contribution in [0, 0.1) is 5.82 Å². The van der Waals surface area contributed by atoms with Gasteiger partial charge in [-0.2, -0.15) is 0 Å². The summed E-state index contributed by atoms with van der Waals surface area (Å²) in [7, 11) is 0. The van der Waals surface area contributed by atoms with E-state index in [1.807, 2.05) is 24.3 Å². The van der Waals surface area contributed by atoms with Crippen molar-refractivity contribution in [3.63, 3.8) is 0 Å². The maximum atomic E-state index is 13.4. The number of rotatable bonds is 5. The molecule has 1 unspecified atom stereocenters. The van der Waals surface area contributed by atoms with E-state index in [0.29, 0.717) is 17.6 Å². The minimum absolute atomic E-state index is 0.170. The molecule has 0 saturated carbocycles. The molecule has 5 heteroatoms. The second-order valence-electron chi connectivity index (χ2n) is 6.26. The Bertz CT molecular complexity index is 797. The summed E-state index contributed by atoms with van der Waals surface area (Å²) in [4.78, 5) is 2.40. The number of hydrogen-bond donors (Lipinski definition) is 0. The Morgan fingerprint density at radius 1 is 1.17 bits per heavy atom. The summed E-state index contributed by atoms with van der Waals surface area (Å²) >= 11 is 0. The summed E-state index contributed by atoms with van der Waals surface area (Å²) < 4.78 is 24.1. The van der Waals surface area contributed by atoms with Gasteiger partial charge in [-0.25, -0.2) is 4.39 Å². The fraction of sp³-hybridized carbons (Fsp3) is 0.316. The zero-order valence-electron chi connectivity index (χ0n) is 13.3. The molecule has 24 heavy (non-hydrogen) atoms. The van der Waals surface area contributed by atoms with Crippen molar-refractivity contribution in [2.75, 3.05) is 6.54 Å². The van der Waals surface area contributed by atoms with Crippen LogP contribution in [0.2, 0.25) is 0 Å². The van der Waals surface area contributed by atoms with Crippen molar-refractivity contribution in [3.8, 4) is 11.5 Å². The van der Waals surface area contributed by atoms with Crippen LogP contribution in [0.3, 0.4) is 0 Å². The van der Waals surface area contributed by atoms with Gasteiger partial charge in [0.25, 0.3) is 0 Å². The second kappa shape index (κ2) is 6.61. The zero-order valence-corrected chi connectivity index (χ0v) is 13.3. The van der Waals surface area contributed by atoms with E-state index in [1.165, 1.54) is 6.07 Å². The van der Waals surface area contributed by atoms with Gasteiger partial charge in [0.2, 0.25) is 5.76 Å². The van der Waals surface area contributed by atoms with Gasteiger partial charge in [-0.05, 0) is 55.6 Å². The molecule has 3 heterocycles. The molecular weight excluding hydrogens is 307 g/mol. The Morgan fingerprint density at radius 3 is 2.96 bits per heavy atom. The van der Waals surface area contributed by atoms with Gasteiger partial charge in [-0.1, -0.05) is 17.3 Å². The standard InChI is InChI=1S/C19H19FN2O2/c20-15-5-1-4-14(10-15)11-17-6-2-8-22(17)13-16-12-19(24-21-16)18-7-3-9-23-18/h1,3-5,7,9-10,12,17H,2,6,8,11,13H2. The van der Waals surface area contributed by atoms with Gasteiger partial charge < -0.3 is 8.94 Å². The van der Waals surface area contributed by atoms with E-state index >= 15 is 0 Å². The number of hydrogen-bond acceptors (Lipinski definition) is 4. The van der Waals surface area contributed by atoms with Crippen molar-refractivity contribution in [1.29, 1.82) is 0 Å². The Hall–Kier alpha value is -2.40. The minimum Gasteiger partial charge on any atom is -0.461 e. The normalized spacial score (nSPS) is 18.3. The van der Waals surface area contributed by atoms with Crippen LogP contribution in [0.4, 0.5) is 4.39 Å². The summed E-state index contributed by atoms with van der Waals surface area (Å²) in [6.07, 6.45) is 4.76. The second-order valence-corrected chi connectivity index (χ2v) is 6.26. The van der Waals surface area contributed by atoms with Crippen molar-refractivity contribution >= 4 is 0 Å². The summed E-state index contributed by atoms with van der Waals surface area (Å²) in [6, 6.07) is 12.9. The number of halogens is 1. The van der Waals surface area contributed by atoms with Crippen LogP contribution in [0.1, 0.15) is 24.1 Å². The van der Waals surface area contributed by atoms with Crippen LogP contribution in [0.25, 0.3) is 11.5 Å². The number of likely N-dealkylation sites (tertiary alicyclic amines) is 1. The fourth-order valence-electron chi connectivity index (χ4n) is 3.40. The van der Waals surface area contributed by atoms with E-state index in [1.54, 1.807) is 18.4 Å². The summed E-state index contributed by atoms with van der Waals surface area (Å²) in [5, 5.41) is 4.15. The third kappa shape index (κ3) is 3.26. The van der Waals surface area contributed by atoms with Crippen molar-refractivity contribution in [2.24, 2.45) is 0 Å². The van der Waals surface area contributed by atoms with Gasteiger partial charge in [-0.15, -0.1) is 0 Å². The van der Waals surface area contributed by atoms with E-state index in [0.717, 1.165) is 43.6 Å². The largest absolute Gasteiger partial charge is 0.461 e. The third-order valence-corrected chi connectivity index (χ3v) is 4.55.